The predicted octanol–water partition coefficient (Wildman–Crippen LogP) is 1.90. The van der Waals surface area contributed by atoms with E-state index in [2.05, 4.69) is 15.4 Å². The van der Waals surface area contributed by atoms with Crippen molar-refractivity contribution in [2.45, 2.75) is 31.8 Å². The van der Waals surface area contributed by atoms with Crippen LogP contribution in [0.5, 0.6) is 11.5 Å². The SMILES string of the molecule is COc1ccc(-c2n[nH]nc2C(N)=O)cc1OC1CCCC1. The molecule has 3 rings (SSSR count). The summed E-state index contributed by atoms with van der Waals surface area (Å²) in [6.07, 6.45) is 4.66. The molecule has 7 nitrogen and oxygen atoms in total. The first-order chi connectivity index (χ1) is 10.7. The second kappa shape index (κ2) is 6.05. The van der Waals surface area contributed by atoms with Crippen LogP contribution in [0.1, 0.15) is 36.2 Å². The number of rotatable bonds is 5. The summed E-state index contributed by atoms with van der Waals surface area (Å²) in [7, 11) is 1.60. The molecule has 0 aliphatic heterocycles. The molecule has 116 valence electrons. The zero-order valence-corrected chi connectivity index (χ0v) is 12.3. The van der Waals surface area contributed by atoms with Crippen LogP contribution in [-0.2, 0) is 0 Å². The fraction of sp³-hybridized carbons (Fsp3) is 0.400. The summed E-state index contributed by atoms with van der Waals surface area (Å²) in [5.41, 5.74) is 6.53. The van der Waals surface area contributed by atoms with Gasteiger partial charge in [0, 0.05) is 5.56 Å². The number of methoxy groups -OCH3 is 1. The van der Waals surface area contributed by atoms with Crippen molar-refractivity contribution >= 4 is 5.91 Å². The highest BCUT2D eigenvalue weighted by Crippen LogP contribution is 2.35. The molecule has 0 unspecified atom stereocenters. The van der Waals surface area contributed by atoms with Crippen molar-refractivity contribution in [1.82, 2.24) is 15.4 Å². The molecule has 7 heteroatoms. The first kappa shape index (κ1) is 14.4. The number of nitrogens with one attached hydrogen (secondary N) is 1. The maximum absolute atomic E-state index is 11.4. The molecule has 1 amide bonds. The van der Waals surface area contributed by atoms with E-state index < -0.39 is 5.91 Å². The lowest BCUT2D eigenvalue weighted by Crippen LogP contribution is -2.13. The van der Waals surface area contributed by atoms with E-state index in [0.717, 1.165) is 12.8 Å². The molecule has 1 saturated carbocycles. The molecule has 0 bridgehead atoms. The highest BCUT2D eigenvalue weighted by Gasteiger charge is 2.21. The first-order valence-corrected chi connectivity index (χ1v) is 7.24. The molecular formula is C15H18N4O3. The fourth-order valence-corrected chi connectivity index (χ4v) is 2.71. The third-order valence-electron chi connectivity index (χ3n) is 3.81. The number of primary amides is 1. The minimum absolute atomic E-state index is 0.108. The van der Waals surface area contributed by atoms with Crippen LogP contribution in [0.3, 0.4) is 0 Å². The van der Waals surface area contributed by atoms with Crippen molar-refractivity contribution in [3.05, 3.63) is 23.9 Å². The summed E-state index contributed by atoms with van der Waals surface area (Å²) in [6.45, 7) is 0. The maximum Gasteiger partial charge on any atom is 0.271 e. The van der Waals surface area contributed by atoms with Crippen molar-refractivity contribution in [1.29, 1.82) is 0 Å². The summed E-state index contributed by atoms with van der Waals surface area (Å²) in [4.78, 5) is 11.4. The molecular weight excluding hydrogens is 284 g/mol. The van der Waals surface area contributed by atoms with Crippen molar-refractivity contribution in [2.24, 2.45) is 5.73 Å². The van der Waals surface area contributed by atoms with Gasteiger partial charge in [0.15, 0.2) is 17.2 Å². The summed E-state index contributed by atoms with van der Waals surface area (Å²) < 4.78 is 11.4. The Balaban J connectivity index is 1.95. The Morgan fingerprint density at radius 3 is 2.73 bits per heavy atom. The van der Waals surface area contributed by atoms with Crippen molar-refractivity contribution < 1.29 is 14.3 Å². The largest absolute Gasteiger partial charge is 0.493 e. The van der Waals surface area contributed by atoms with Gasteiger partial charge in [-0.15, -0.1) is 0 Å². The topological polar surface area (TPSA) is 103 Å². The van der Waals surface area contributed by atoms with Crippen molar-refractivity contribution in [3.63, 3.8) is 0 Å². The Morgan fingerprint density at radius 1 is 1.27 bits per heavy atom. The summed E-state index contributed by atoms with van der Waals surface area (Å²) in [5.74, 6) is 0.669. The molecule has 0 saturated heterocycles. The number of aromatic amines is 1. The number of amides is 1. The number of hydrogen-bond donors (Lipinski definition) is 2. The highest BCUT2D eigenvalue weighted by molar-refractivity contribution is 5.96. The van der Waals surface area contributed by atoms with E-state index in [1.165, 1.54) is 12.8 Å². The number of carbonyl (C=O) groups excluding carboxylic acids is 1. The number of aromatic nitrogens is 3. The molecule has 1 fully saturated rings. The number of nitrogens with two attached hydrogens (primary N) is 1. The van der Waals surface area contributed by atoms with Crippen LogP contribution >= 0.6 is 0 Å². The van der Waals surface area contributed by atoms with Gasteiger partial charge in [-0.05, 0) is 43.9 Å². The second-order valence-corrected chi connectivity index (χ2v) is 5.28. The molecule has 1 aliphatic carbocycles. The normalized spacial score (nSPS) is 15.0. The number of carbonyl (C=O) groups is 1. The second-order valence-electron chi connectivity index (χ2n) is 5.28. The van der Waals surface area contributed by atoms with E-state index in [4.69, 9.17) is 15.2 Å². The van der Waals surface area contributed by atoms with Gasteiger partial charge in [-0.25, -0.2) is 0 Å². The lowest BCUT2D eigenvalue weighted by Gasteiger charge is -2.16. The number of nitrogens with zero attached hydrogens (tertiary/aromatic N) is 2. The Bertz CT molecular complexity index is 677. The van der Waals surface area contributed by atoms with Crippen LogP contribution in [0.15, 0.2) is 18.2 Å². The van der Waals surface area contributed by atoms with Gasteiger partial charge in [0.25, 0.3) is 5.91 Å². The summed E-state index contributed by atoms with van der Waals surface area (Å²) in [5, 5.41) is 10.2. The predicted molar refractivity (Wildman–Crippen MR) is 79.8 cm³/mol. The monoisotopic (exact) mass is 302 g/mol. The molecule has 22 heavy (non-hydrogen) atoms. The fourth-order valence-electron chi connectivity index (χ4n) is 2.71. The smallest absolute Gasteiger partial charge is 0.271 e. The zero-order valence-electron chi connectivity index (χ0n) is 12.3. The zero-order chi connectivity index (χ0) is 15.5. The van der Waals surface area contributed by atoms with Gasteiger partial charge in [0.2, 0.25) is 0 Å². The highest BCUT2D eigenvalue weighted by atomic mass is 16.5. The quantitative estimate of drug-likeness (QED) is 0.878. The van der Waals surface area contributed by atoms with Gasteiger partial charge >= 0.3 is 0 Å². The van der Waals surface area contributed by atoms with Gasteiger partial charge < -0.3 is 15.2 Å². The Hall–Kier alpha value is -2.57. The van der Waals surface area contributed by atoms with E-state index in [9.17, 15) is 4.79 Å². The van der Waals surface area contributed by atoms with E-state index in [0.29, 0.717) is 22.8 Å². The molecule has 0 radical (unpaired) electrons. The van der Waals surface area contributed by atoms with Gasteiger partial charge in [0.05, 0.1) is 13.2 Å². The number of H-pyrrole nitrogens is 1. The van der Waals surface area contributed by atoms with Gasteiger partial charge in [0.1, 0.15) is 5.69 Å². The van der Waals surface area contributed by atoms with Crippen LogP contribution in [-0.4, -0.2) is 34.5 Å². The summed E-state index contributed by atoms with van der Waals surface area (Å²) in [6, 6.07) is 5.39. The molecule has 0 spiro atoms. The Kier molecular flexibility index (Phi) is 3.95. The van der Waals surface area contributed by atoms with Crippen LogP contribution < -0.4 is 15.2 Å². The van der Waals surface area contributed by atoms with Gasteiger partial charge in [-0.2, -0.15) is 15.4 Å². The van der Waals surface area contributed by atoms with Crippen molar-refractivity contribution in [2.75, 3.05) is 7.11 Å². The maximum atomic E-state index is 11.4. The van der Waals surface area contributed by atoms with Crippen molar-refractivity contribution in [3.8, 4) is 22.8 Å². The van der Waals surface area contributed by atoms with Gasteiger partial charge in [-0.3, -0.25) is 4.79 Å². The average Bonchev–Trinajstić information content (AvgIpc) is 3.18. The molecule has 2 aromatic rings. The van der Waals surface area contributed by atoms with Crippen LogP contribution in [0.4, 0.5) is 0 Å². The third-order valence-corrected chi connectivity index (χ3v) is 3.81. The first-order valence-electron chi connectivity index (χ1n) is 7.24. The molecule has 1 aromatic heterocycles. The van der Waals surface area contributed by atoms with Crippen LogP contribution in [0.25, 0.3) is 11.3 Å². The van der Waals surface area contributed by atoms with Crippen LogP contribution in [0.2, 0.25) is 0 Å². The van der Waals surface area contributed by atoms with Crippen LogP contribution in [0, 0.1) is 0 Å². The summed E-state index contributed by atoms with van der Waals surface area (Å²) >= 11 is 0. The third kappa shape index (κ3) is 2.74. The number of hydrogen-bond acceptors (Lipinski definition) is 5. The lowest BCUT2D eigenvalue weighted by molar-refractivity contribution is 0.0996. The Labute approximate surface area is 127 Å². The van der Waals surface area contributed by atoms with E-state index in [-0.39, 0.29) is 11.8 Å². The molecule has 1 aliphatic rings. The molecule has 1 aromatic carbocycles. The number of benzene rings is 1. The average molecular weight is 302 g/mol. The molecule has 1 heterocycles. The van der Waals surface area contributed by atoms with E-state index in [1.807, 2.05) is 0 Å². The minimum atomic E-state index is -0.627. The van der Waals surface area contributed by atoms with E-state index >= 15 is 0 Å². The van der Waals surface area contributed by atoms with Gasteiger partial charge in [-0.1, -0.05) is 0 Å². The number of ether oxygens (including phenoxy) is 2. The van der Waals surface area contributed by atoms with E-state index in [1.54, 1.807) is 25.3 Å². The minimum Gasteiger partial charge on any atom is -0.493 e. The standard InChI is InChI=1S/C15H18N4O3/c1-21-11-7-6-9(13-14(15(16)20)18-19-17-13)8-12(11)22-10-4-2-3-5-10/h6-8,10H,2-5H2,1H3,(H2,16,20)(H,17,18,19). The molecule has 3 N–H and O–H groups in total. The lowest BCUT2D eigenvalue weighted by atomic mass is 10.1. The Morgan fingerprint density at radius 2 is 2.05 bits per heavy atom. The molecule has 0 atom stereocenters.